The summed E-state index contributed by atoms with van der Waals surface area (Å²) in [7, 11) is 0. The molecule has 0 radical (unpaired) electrons. The van der Waals surface area contributed by atoms with Gasteiger partial charge >= 0.3 is 0 Å². The quantitative estimate of drug-likeness (QED) is 0.0616. The van der Waals surface area contributed by atoms with Gasteiger partial charge < -0.3 is 14.8 Å². The first-order valence-electron chi connectivity index (χ1n) is 18.9. The van der Waals surface area contributed by atoms with Crippen molar-refractivity contribution in [3.63, 3.8) is 0 Å². The van der Waals surface area contributed by atoms with Crippen molar-refractivity contribution in [3.8, 4) is 0 Å². The normalized spacial score (nSPS) is 17.6. The predicted molar refractivity (Wildman–Crippen MR) is 191 cm³/mol. The van der Waals surface area contributed by atoms with E-state index in [1.54, 1.807) is 0 Å². The first-order chi connectivity index (χ1) is 21.4. The predicted octanol–water partition coefficient (Wildman–Crippen LogP) is 12.0. The SMILES string of the molecule is CCCCC/C=C\C/C=C\CCCCCCCCO[C@H]1CNC[C@H]1OCCCCCCCC/C=C\C/C=C\CCCCC. The Bertz CT molecular complexity index is 611. The summed E-state index contributed by atoms with van der Waals surface area (Å²) < 4.78 is 12.4. The molecule has 2 atom stereocenters. The number of rotatable bonds is 32. The van der Waals surface area contributed by atoms with Crippen LogP contribution in [0.3, 0.4) is 0 Å². The van der Waals surface area contributed by atoms with Gasteiger partial charge in [0.25, 0.3) is 0 Å². The summed E-state index contributed by atoms with van der Waals surface area (Å²) in [5, 5.41) is 3.47. The second kappa shape index (κ2) is 33.7. The average Bonchev–Trinajstić information content (AvgIpc) is 3.47. The lowest BCUT2D eigenvalue weighted by Gasteiger charge is -2.20. The topological polar surface area (TPSA) is 30.5 Å². The number of hydrogen-bond acceptors (Lipinski definition) is 3. The van der Waals surface area contributed by atoms with Crippen molar-refractivity contribution in [1.82, 2.24) is 5.32 Å². The van der Waals surface area contributed by atoms with Crippen LogP contribution in [-0.2, 0) is 9.47 Å². The van der Waals surface area contributed by atoms with E-state index in [1.807, 2.05) is 0 Å². The monoisotopic (exact) mass is 600 g/mol. The summed E-state index contributed by atoms with van der Waals surface area (Å²) in [6, 6.07) is 0. The Hall–Kier alpha value is -1.16. The second-order valence-corrected chi connectivity index (χ2v) is 12.6. The smallest absolute Gasteiger partial charge is 0.0973 e. The Balaban J connectivity index is 1.85. The first kappa shape index (κ1) is 39.9. The molecule has 0 aromatic rings. The molecule has 1 heterocycles. The molecule has 3 heteroatoms. The fourth-order valence-electron chi connectivity index (χ4n) is 5.61. The van der Waals surface area contributed by atoms with Crippen LogP contribution in [0.1, 0.15) is 168 Å². The molecule has 0 unspecified atom stereocenters. The van der Waals surface area contributed by atoms with Crippen LogP contribution in [0.2, 0.25) is 0 Å². The van der Waals surface area contributed by atoms with Gasteiger partial charge in [0.1, 0.15) is 0 Å². The van der Waals surface area contributed by atoms with E-state index >= 15 is 0 Å². The highest BCUT2D eigenvalue weighted by atomic mass is 16.5. The third kappa shape index (κ3) is 28.1. The molecule has 250 valence electrons. The molecule has 1 fully saturated rings. The van der Waals surface area contributed by atoms with Crippen molar-refractivity contribution in [2.45, 2.75) is 180 Å². The zero-order valence-electron chi connectivity index (χ0n) is 28.9. The maximum atomic E-state index is 6.21. The van der Waals surface area contributed by atoms with Gasteiger partial charge in [0.05, 0.1) is 12.2 Å². The van der Waals surface area contributed by atoms with Crippen molar-refractivity contribution >= 4 is 0 Å². The number of ether oxygens (including phenoxy) is 2. The minimum absolute atomic E-state index is 0.238. The lowest BCUT2D eigenvalue weighted by Crippen LogP contribution is -2.30. The third-order valence-corrected chi connectivity index (χ3v) is 8.46. The van der Waals surface area contributed by atoms with E-state index in [-0.39, 0.29) is 12.2 Å². The van der Waals surface area contributed by atoms with Crippen LogP contribution in [0.5, 0.6) is 0 Å². The number of allylic oxidation sites excluding steroid dienone is 8. The van der Waals surface area contributed by atoms with E-state index in [2.05, 4.69) is 67.8 Å². The minimum Gasteiger partial charge on any atom is -0.374 e. The molecule has 0 amide bonds. The summed E-state index contributed by atoms with van der Waals surface area (Å²) in [6.45, 7) is 8.17. The fraction of sp³-hybridized carbons (Fsp3) is 0.800. The van der Waals surface area contributed by atoms with Gasteiger partial charge in [-0.05, 0) is 77.0 Å². The summed E-state index contributed by atoms with van der Waals surface area (Å²) >= 11 is 0. The van der Waals surface area contributed by atoms with E-state index in [1.165, 1.54) is 141 Å². The molecule has 1 saturated heterocycles. The van der Waals surface area contributed by atoms with E-state index in [0.717, 1.165) is 39.1 Å². The van der Waals surface area contributed by atoms with Crippen molar-refractivity contribution < 1.29 is 9.47 Å². The molecular formula is C40H73NO2. The minimum atomic E-state index is 0.238. The Morgan fingerprint density at radius 2 is 0.744 bits per heavy atom. The molecule has 0 bridgehead atoms. The van der Waals surface area contributed by atoms with Crippen LogP contribution >= 0.6 is 0 Å². The van der Waals surface area contributed by atoms with E-state index in [4.69, 9.17) is 9.47 Å². The van der Waals surface area contributed by atoms with Crippen LogP contribution < -0.4 is 5.32 Å². The highest BCUT2D eigenvalue weighted by Gasteiger charge is 2.28. The van der Waals surface area contributed by atoms with Crippen LogP contribution in [0, 0.1) is 0 Å². The average molecular weight is 600 g/mol. The molecule has 3 nitrogen and oxygen atoms in total. The maximum absolute atomic E-state index is 6.21. The van der Waals surface area contributed by atoms with Crippen LogP contribution in [-0.4, -0.2) is 38.5 Å². The largest absolute Gasteiger partial charge is 0.374 e. The summed E-state index contributed by atoms with van der Waals surface area (Å²) in [6.07, 6.45) is 50.1. The van der Waals surface area contributed by atoms with Crippen molar-refractivity contribution in [3.05, 3.63) is 48.6 Å². The van der Waals surface area contributed by atoms with Crippen LogP contribution in [0.25, 0.3) is 0 Å². The molecular weight excluding hydrogens is 526 g/mol. The van der Waals surface area contributed by atoms with Gasteiger partial charge in [-0.15, -0.1) is 0 Å². The van der Waals surface area contributed by atoms with Crippen LogP contribution in [0.4, 0.5) is 0 Å². The molecule has 0 aliphatic carbocycles. The number of unbranched alkanes of at least 4 members (excludes halogenated alkanes) is 18. The van der Waals surface area contributed by atoms with Gasteiger partial charge in [0.2, 0.25) is 0 Å². The molecule has 1 rings (SSSR count). The molecule has 43 heavy (non-hydrogen) atoms. The van der Waals surface area contributed by atoms with Gasteiger partial charge in [0, 0.05) is 26.3 Å². The Morgan fingerprint density at radius 1 is 0.419 bits per heavy atom. The van der Waals surface area contributed by atoms with Gasteiger partial charge in [-0.2, -0.15) is 0 Å². The maximum Gasteiger partial charge on any atom is 0.0973 e. The second-order valence-electron chi connectivity index (χ2n) is 12.6. The number of nitrogens with one attached hydrogen (secondary N) is 1. The highest BCUT2D eigenvalue weighted by Crippen LogP contribution is 2.14. The van der Waals surface area contributed by atoms with Crippen molar-refractivity contribution in [2.75, 3.05) is 26.3 Å². The Labute approximate surface area is 269 Å². The van der Waals surface area contributed by atoms with E-state index in [9.17, 15) is 0 Å². The van der Waals surface area contributed by atoms with Gasteiger partial charge in [-0.3, -0.25) is 0 Å². The summed E-state index contributed by atoms with van der Waals surface area (Å²) in [4.78, 5) is 0. The fourth-order valence-corrected chi connectivity index (χ4v) is 5.61. The molecule has 0 saturated carbocycles. The van der Waals surface area contributed by atoms with Crippen molar-refractivity contribution in [1.29, 1.82) is 0 Å². The third-order valence-electron chi connectivity index (χ3n) is 8.46. The molecule has 0 aromatic carbocycles. The number of hydrogen-bond donors (Lipinski definition) is 1. The van der Waals surface area contributed by atoms with Crippen LogP contribution in [0.15, 0.2) is 48.6 Å². The van der Waals surface area contributed by atoms with Gasteiger partial charge in [-0.25, -0.2) is 0 Å². The lowest BCUT2D eigenvalue weighted by atomic mass is 10.1. The first-order valence-corrected chi connectivity index (χ1v) is 18.9. The van der Waals surface area contributed by atoms with Gasteiger partial charge in [-0.1, -0.05) is 140 Å². The zero-order chi connectivity index (χ0) is 30.7. The summed E-state index contributed by atoms with van der Waals surface area (Å²) in [5.74, 6) is 0. The Morgan fingerprint density at radius 3 is 1.12 bits per heavy atom. The van der Waals surface area contributed by atoms with E-state index in [0.29, 0.717) is 0 Å². The summed E-state index contributed by atoms with van der Waals surface area (Å²) in [5.41, 5.74) is 0. The standard InChI is InChI=1S/C40H73NO2/c1-3-5-7-9-11-13-15-17-19-21-23-25-27-29-31-33-35-42-39-37-41-38-40(39)43-36-34-32-30-28-26-24-22-20-18-16-14-12-10-8-6-4-2/h11-14,17-20,39-41H,3-10,15-16,21-38H2,1-2H3/b13-11-,14-12-,19-17-,20-18-/t39-,40+. The van der Waals surface area contributed by atoms with Gasteiger partial charge in [0.15, 0.2) is 0 Å². The van der Waals surface area contributed by atoms with E-state index < -0.39 is 0 Å². The van der Waals surface area contributed by atoms with Crippen molar-refractivity contribution in [2.24, 2.45) is 0 Å². The zero-order valence-corrected chi connectivity index (χ0v) is 28.9. The molecule has 1 aliphatic heterocycles. The lowest BCUT2D eigenvalue weighted by molar-refractivity contribution is -0.0481. The Kier molecular flexibility index (Phi) is 31.3. The molecule has 0 spiro atoms. The molecule has 1 N–H and O–H groups in total. The highest BCUT2D eigenvalue weighted by molar-refractivity contribution is 4.93. The molecule has 1 aliphatic rings. The molecule has 0 aromatic heterocycles.